The zero-order valence-corrected chi connectivity index (χ0v) is 9.56. The summed E-state index contributed by atoms with van der Waals surface area (Å²) in [6.07, 6.45) is 3.72. The van der Waals surface area contributed by atoms with Gasteiger partial charge in [-0.05, 0) is 12.8 Å². The Labute approximate surface area is 95.3 Å². The van der Waals surface area contributed by atoms with Crippen LogP contribution in [0, 0.1) is 0 Å². The minimum Gasteiger partial charge on any atom is -0.480 e. The number of rotatable bonds is 7. The standard InChI is InChI=1S/C11H18N2O3/c1-3-6-13(8-11(15)16)7-10(14)12(2)9-4-5-9/h3,9H,1,4-8H2,2H3,(H,15,16). The van der Waals surface area contributed by atoms with Gasteiger partial charge in [0.05, 0.1) is 13.1 Å². The third kappa shape index (κ3) is 4.02. The molecule has 0 aromatic rings. The van der Waals surface area contributed by atoms with Gasteiger partial charge in [-0.15, -0.1) is 6.58 Å². The van der Waals surface area contributed by atoms with Gasteiger partial charge >= 0.3 is 5.97 Å². The molecule has 16 heavy (non-hydrogen) atoms. The van der Waals surface area contributed by atoms with Crippen molar-refractivity contribution in [3.63, 3.8) is 0 Å². The van der Waals surface area contributed by atoms with Crippen LogP contribution >= 0.6 is 0 Å². The maximum Gasteiger partial charge on any atom is 0.317 e. The molecular formula is C11H18N2O3. The summed E-state index contributed by atoms with van der Waals surface area (Å²) in [7, 11) is 1.77. The lowest BCUT2D eigenvalue weighted by atomic mass is 10.4. The Morgan fingerprint density at radius 2 is 2.06 bits per heavy atom. The van der Waals surface area contributed by atoms with E-state index in [-0.39, 0.29) is 19.0 Å². The Kier molecular flexibility index (Phi) is 4.49. The van der Waals surface area contributed by atoms with Crippen LogP contribution in [0.25, 0.3) is 0 Å². The molecule has 90 valence electrons. The molecule has 1 N–H and O–H groups in total. The first kappa shape index (κ1) is 12.7. The van der Waals surface area contributed by atoms with E-state index < -0.39 is 5.97 Å². The summed E-state index contributed by atoms with van der Waals surface area (Å²) >= 11 is 0. The second kappa shape index (κ2) is 5.65. The highest BCUT2D eigenvalue weighted by Gasteiger charge is 2.30. The molecule has 1 fully saturated rings. The Morgan fingerprint density at radius 1 is 1.44 bits per heavy atom. The molecule has 1 rings (SSSR count). The third-order valence-electron chi connectivity index (χ3n) is 2.59. The molecule has 0 unspecified atom stereocenters. The Morgan fingerprint density at radius 3 is 2.50 bits per heavy atom. The summed E-state index contributed by atoms with van der Waals surface area (Å²) in [6, 6.07) is 0.364. The summed E-state index contributed by atoms with van der Waals surface area (Å²) in [5.41, 5.74) is 0. The first-order valence-electron chi connectivity index (χ1n) is 5.35. The molecule has 1 aliphatic carbocycles. The SMILES string of the molecule is C=CCN(CC(=O)O)CC(=O)N(C)C1CC1. The molecule has 0 radical (unpaired) electrons. The number of nitrogens with zero attached hydrogens (tertiary/aromatic N) is 2. The quantitative estimate of drug-likeness (QED) is 0.629. The number of aliphatic carboxylic acids is 1. The summed E-state index contributed by atoms with van der Waals surface area (Å²) in [5, 5.41) is 8.68. The van der Waals surface area contributed by atoms with E-state index in [9.17, 15) is 9.59 Å². The second-order valence-electron chi connectivity index (χ2n) is 4.09. The number of carboxylic acids is 1. The Balaban J connectivity index is 2.42. The van der Waals surface area contributed by atoms with Crippen molar-refractivity contribution in [3.05, 3.63) is 12.7 Å². The van der Waals surface area contributed by atoms with Gasteiger partial charge in [0.1, 0.15) is 0 Å². The van der Waals surface area contributed by atoms with Gasteiger partial charge < -0.3 is 10.0 Å². The van der Waals surface area contributed by atoms with Gasteiger partial charge in [-0.3, -0.25) is 14.5 Å². The van der Waals surface area contributed by atoms with E-state index in [0.717, 1.165) is 12.8 Å². The van der Waals surface area contributed by atoms with Gasteiger partial charge in [0.2, 0.25) is 5.91 Å². The maximum atomic E-state index is 11.7. The predicted molar refractivity (Wildman–Crippen MR) is 60.1 cm³/mol. The molecule has 0 aromatic heterocycles. The molecule has 0 heterocycles. The second-order valence-corrected chi connectivity index (χ2v) is 4.09. The molecular weight excluding hydrogens is 208 g/mol. The molecule has 0 saturated heterocycles. The van der Waals surface area contributed by atoms with E-state index in [1.807, 2.05) is 0 Å². The average molecular weight is 226 g/mol. The van der Waals surface area contributed by atoms with Gasteiger partial charge in [-0.1, -0.05) is 6.08 Å². The number of amides is 1. The monoisotopic (exact) mass is 226 g/mol. The van der Waals surface area contributed by atoms with E-state index in [1.165, 1.54) is 0 Å². The van der Waals surface area contributed by atoms with Gasteiger partial charge in [0.15, 0.2) is 0 Å². The number of carbonyl (C=O) groups excluding carboxylic acids is 1. The number of hydrogen-bond acceptors (Lipinski definition) is 3. The predicted octanol–water partition coefficient (Wildman–Crippen LogP) is 0.180. The highest BCUT2D eigenvalue weighted by molar-refractivity contribution is 5.79. The molecule has 0 aromatic carbocycles. The van der Waals surface area contributed by atoms with Crippen LogP contribution in [0.1, 0.15) is 12.8 Å². The normalized spacial score (nSPS) is 14.9. The fourth-order valence-electron chi connectivity index (χ4n) is 1.53. The fraction of sp³-hybridized carbons (Fsp3) is 0.636. The number of carboxylic acid groups (broad SMARTS) is 1. The van der Waals surface area contributed by atoms with Crippen LogP contribution in [0.15, 0.2) is 12.7 Å². The first-order chi connectivity index (χ1) is 7.54. The van der Waals surface area contributed by atoms with Gasteiger partial charge in [0.25, 0.3) is 0 Å². The van der Waals surface area contributed by atoms with Crippen molar-refractivity contribution < 1.29 is 14.7 Å². The molecule has 1 saturated carbocycles. The van der Waals surface area contributed by atoms with Crippen molar-refractivity contribution in [3.8, 4) is 0 Å². The summed E-state index contributed by atoms with van der Waals surface area (Å²) in [4.78, 5) is 25.6. The van der Waals surface area contributed by atoms with E-state index in [1.54, 1.807) is 22.9 Å². The van der Waals surface area contributed by atoms with E-state index >= 15 is 0 Å². The fourth-order valence-corrected chi connectivity index (χ4v) is 1.53. The highest BCUT2D eigenvalue weighted by atomic mass is 16.4. The lowest BCUT2D eigenvalue weighted by Crippen LogP contribution is -2.41. The average Bonchev–Trinajstić information content (AvgIpc) is 2.99. The van der Waals surface area contributed by atoms with Crippen LogP contribution in [0.4, 0.5) is 0 Å². The van der Waals surface area contributed by atoms with Crippen molar-refractivity contribution >= 4 is 11.9 Å². The maximum absolute atomic E-state index is 11.7. The molecule has 0 spiro atoms. The van der Waals surface area contributed by atoms with Crippen LogP contribution in [0.2, 0.25) is 0 Å². The van der Waals surface area contributed by atoms with Gasteiger partial charge in [0, 0.05) is 19.6 Å². The zero-order valence-electron chi connectivity index (χ0n) is 9.56. The van der Waals surface area contributed by atoms with Crippen LogP contribution in [-0.2, 0) is 9.59 Å². The Hall–Kier alpha value is -1.36. The molecule has 1 amide bonds. The van der Waals surface area contributed by atoms with E-state index in [2.05, 4.69) is 6.58 Å². The lowest BCUT2D eigenvalue weighted by Gasteiger charge is -2.22. The van der Waals surface area contributed by atoms with Crippen LogP contribution in [0.5, 0.6) is 0 Å². The van der Waals surface area contributed by atoms with Crippen LogP contribution < -0.4 is 0 Å². The topological polar surface area (TPSA) is 60.9 Å². The molecule has 0 bridgehead atoms. The number of hydrogen-bond donors (Lipinski definition) is 1. The summed E-state index contributed by atoms with van der Waals surface area (Å²) < 4.78 is 0. The third-order valence-corrected chi connectivity index (χ3v) is 2.59. The molecule has 0 atom stereocenters. The van der Waals surface area contributed by atoms with E-state index in [0.29, 0.717) is 12.6 Å². The number of likely N-dealkylation sites (N-methyl/N-ethyl adjacent to an activating group) is 1. The number of carbonyl (C=O) groups is 2. The molecule has 5 nitrogen and oxygen atoms in total. The minimum atomic E-state index is -0.927. The van der Waals surface area contributed by atoms with E-state index in [4.69, 9.17) is 5.11 Å². The molecule has 1 aliphatic rings. The minimum absolute atomic E-state index is 0.0226. The van der Waals surface area contributed by atoms with Crippen molar-refractivity contribution in [2.45, 2.75) is 18.9 Å². The van der Waals surface area contributed by atoms with Crippen molar-refractivity contribution in [1.29, 1.82) is 0 Å². The van der Waals surface area contributed by atoms with Crippen molar-refractivity contribution in [2.24, 2.45) is 0 Å². The molecule has 0 aliphatic heterocycles. The van der Waals surface area contributed by atoms with Gasteiger partial charge in [-0.2, -0.15) is 0 Å². The summed E-state index contributed by atoms with van der Waals surface area (Å²) in [5.74, 6) is -0.950. The van der Waals surface area contributed by atoms with Crippen LogP contribution in [-0.4, -0.2) is 59.5 Å². The lowest BCUT2D eigenvalue weighted by molar-refractivity contribution is -0.139. The van der Waals surface area contributed by atoms with Crippen molar-refractivity contribution in [1.82, 2.24) is 9.80 Å². The summed E-state index contributed by atoms with van der Waals surface area (Å²) in [6.45, 7) is 3.98. The van der Waals surface area contributed by atoms with Gasteiger partial charge in [-0.25, -0.2) is 0 Å². The molecule has 5 heteroatoms. The van der Waals surface area contributed by atoms with Crippen molar-refractivity contribution in [2.75, 3.05) is 26.7 Å². The zero-order chi connectivity index (χ0) is 12.1. The highest BCUT2D eigenvalue weighted by Crippen LogP contribution is 2.25. The van der Waals surface area contributed by atoms with Crippen LogP contribution in [0.3, 0.4) is 0 Å². The largest absolute Gasteiger partial charge is 0.480 e. The first-order valence-corrected chi connectivity index (χ1v) is 5.35. The smallest absolute Gasteiger partial charge is 0.317 e. The Bertz CT molecular complexity index is 287.